The zero-order valence-electron chi connectivity index (χ0n) is 12.8. The van der Waals surface area contributed by atoms with Gasteiger partial charge >= 0.3 is 5.69 Å². The van der Waals surface area contributed by atoms with Crippen LogP contribution in [0.25, 0.3) is 0 Å². The summed E-state index contributed by atoms with van der Waals surface area (Å²) in [6.07, 6.45) is 1.04. The van der Waals surface area contributed by atoms with Gasteiger partial charge in [0, 0.05) is 13.1 Å². The van der Waals surface area contributed by atoms with Crippen molar-refractivity contribution in [3.8, 4) is 5.88 Å². The van der Waals surface area contributed by atoms with Crippen LogP contribution >= 0.6 is 0 Å². The van der Waals surface area contributed by atoms with Crippen LogP contribution in [0.4, 0.5) is 0 Å². The van der Waals surface area contributed by atoms with Crippen molar-refractivity contribution in [3.63, 3.8) is 0 Å². The second-order valence-electron chi connectivity index (χ2n) is 5.24. The van der Waals surface area contributed by atoms with E-state index in [1.165, 1.54) is 4.57 Å². The van der Waals surface area contributed by atoms with Crippen LogP contribution in [0, 0.1) is 0 Å². The summed E-state index contributed by atoms with van der Waals surface area (Å²) in [5.41, 5.74) is -0.785. The van der Waals surface area contributed by atoms with E-state index >= 15 is 0 Å². The Morgan fingerprint density at radius 2 is 1.90 bits per heavy atom. The summed E-state index contributed by atoms with van der Waals surface area (Å²) in [6.45, 7) is 10.7. The molecule has 1 aromatic rings. The molecule has 1 aromatic heterocycles. The van der Waals surface area contributed by atoms with Gasteiger partial charge in [0.2, 0.25) is 5.88 Å². The third-order valence-electron chi connectivity index (χ3n) is 3.41. The quantitative estimate of drug-likeness (QED) is 0.785. The van der Waals surface area contributed by atoms with Crippen LogP contribution in [-0.2, 0) is 6.54 Å². The average molecular weight is 283 g/mol. The Morgan fingerprint density at radius 3 is 2.40 bits per heavy atom. The lowest BCUT2D eigenvalue weighted by atomic mass is 10.1. The lowest BCUT2D eigenvalue weighted by Crippen LogP contribution is -2.36. The summed E-state index contributed by atoms with van der Waals surface area (Å²) in [7, 11) is 0. The minimum Gasteiger partial charge on any atom is -0.494 e. The molecule has 1 heterocycles. The van der Waals surface area contributed by atoms with Crippen LogP contribution in [0.3, 0.4) is 0 Å². The monoisotopic (exact) mass is 283 g/mol. The lowest BCUT2D eigenvalue weighted by molar-refractivity contribution is 0.266. The Kier molecular flexibility index (Phi) is 6.01. The first-order valence-corrected chi connectivity index (χ1v) is 7.20. The van der Waals surface area contributed by atoms with Crippen LogP contribution in [-0.4, -0.2) is 39.2 Å². The normalized spacial score (nSPS) is 11.5. The van der Waals surface area contributed by atoms with E-state index in [4.69, 9.17) is 0 Å². The van der Waals surface area contributed by atoms with Gasteiger partial charge in [-0.05, 0) is 25.4 Å². The van der Waals surface area contributed by atoms with Gasteiger partial charge in [-0.3, -0.25) is 14.3 Å². The van der Waals surface area contributed by atoms with Crippen molar-refractivity contribution in [3.05, 3.63) is 26.4 Å². The summed E-state index contributed by atoms with van der Waals surface area (Å²) in [4.78, 5) is 28.0. The molecule has 1 rings (SSSR count). The molecule has 0 amide bonds. The second-order valence-corrected chi connectivity index (χ2v) is 5.24. The molecule has 114 valence electrons. The van der Waals surface area contributed by atoms with Crippen LogP contribution in [0.2, 0.25) is 0 Å². The van der Waals surface area contributed by atoms with Gasteiger partial charge in [-0.2, -0.15) is 0 Å². The third kappa shape index (κ3) is 3.72. The number of aromatic hydroxyl groups is 1. The van der Waals surface area contributed by atoms with Crippen molar-refractivity contribution in [1.82, 2.24) is 14.5 Å². The first-order valence-electron chi connectivity index (χ1n) is 7.20. The fraction of sp³-hybridized carbons (Fsp3) is 0.714. The Hall–Kier alpha value is -1.56. The number of H-pyrrole nitrogens is 1. The second kappa shape index (κ2) is 7.28. The van der Waals surface area contributed by atoms with Crippen molar-refractivity contribution in [2.75, 3.05) is 19.6 Å². The highest BCUT2D eigenvalue weighted by Crippen LogP contribution is 2.19. The first kappa shape index (κ1) is 16.5. The fourth-order valence-corrected chi connectivity index (χ4v) is 2.29. The number of hydrogen-bond donors (Lipinski definition) is 2. The Balaban J connectivity index is 3.04. The molecule has 0 radical (unpaired) electrons. The number of likely N-dealkylation sites (N-methyl/N-ethyl adjacent to an activating group) is 1. The van der Waals surface area contributed by atoms with Crippen molar-refractivity contribution < 1.29 is 5.11 Å². The minimum atomic E-state index is -0.551. The van der Waals surface area contributed by atoms with E-state index < -0.39 is 11.2 Å². The van der Waals surface area contributed by atoms with Gasteiger partial charge in [-0.25, -0.2) is 4.79 Å². The molecule has 0 aliphatic rings. The molecule has 0 spiro atoms. The predicted octanol–water partition coefficient (Wildman–Crippen LogP) is 1.10. The average Bonchev–Trinajstić information content (AvgIpc) is 2.36. The smallest absolute Gasteiger partial charge is 0.331 e. The first-order chi connectivity index (χ1) is 9.42. The van der Waals surface area contributed by atoms with E-state index in [0.29, 0.717) is 13.1 Å². The van der Waals surface area contributed by atoms with Crippen LogP contribution in [0.1, 0.15) is 45.6 Å². The summed E-state index contributed by atoms with van der Waals surface area (Å²) in [5, 5.41) is 10.2. The van der Waals surface area contributed by atoms with E-state index in [1.54, 1.807) is 0 Å². The molecule has 0 aliphatic carbocycles. The topological polar surface area (TPSA) is 78.3 Å². The van der Waals surface area contributed by atoms with Gasteiger partial charge in [-0.1, -0.05) is 27.7 Å². The molecular formula is C14H25N3O3. The van der Waals surface area contributed by atoms with Gasteiger partial charge in [-0.15, -0.1) is 0 Å². The molecular weight excluding hydrogens is 258 g/mol. The molecule has 0 atom stereocenters. The Morgan fingerprint density at radius 1 is 1.25 bits per heavy atom. The molecule has 0 unspecified atom stereocenters. The van der Waals surface area contributed by atoms with Crippen LogP contribution in [0.15, 0.2) is 9.59 Å². The fourth-order valence-electron chi connectivity index (χ4n) is 2.29. The Bertz CT molecular complexity index is 546. The van der Waals surface area contributed by atoms with E-state index in [0.717, 1.165) is 19.5 Å². The van der Waals surface area contributed by atoms with Gasteiger partial charge in [0.1, 0.15) is 0 Å². The zero-order valence-corrected chi connectivity index (χ0v) is 12.8. The highest BCUT2D eigenvalue weighted by molar-refractivity contribution is 5.25. The highest BCUT2D eigenvalue weighted by Gasteiger charge is 2.17. The van der Waals surface area contributed by atoms with Crippen molar-refractivity contribution in [2.24, 2.45) is 0 Å². The standard InChI is InChI=1S/C14H25N3O3/c1-5-7-16(6-2)8-9-17-13(19)11(10(3)4)12(18)15-14(17)20/h10,19H,5-9H2,1-4H3,(H,15,18,20). The largest absolute Gasteiger partial charge is 0.494 e. The van der Waals surface area contributed by atoms with Crippen molar-refractivity contribution in [2.45, 2.75) is 46.6 Å². The molecule has 0 saturated carbocycles. The minimum absolute atomic E-state index is 0.136. The summed E-state index contributed by atoms with van der Waals surface area (Å²) >= 11 is 0. The van der Waals surface area contributed by atoms with Gasteiger partial charge in [0.15, 0.2) is 0 Å². The third-order valence-corrected chi connectivity index (χ3v) is 3.41. The number of nitrogens with zero attached hydrogens (tertiary/aromatic N) is 2. The van der Waals surface area contributed by atoms with Crippen molar-refractivity contribution in [1.29, 1.82) is 0 Å². The maximum Gasteiger partial charge on any atom is 0.331 e. The molecule has 20 heavy (non-hydrogen) atoms. The summed E-state index contributed by atoms with van der Waals surface area (Å²) < 4.78 is 1.25. The summed E-state index contributed by atoms with van der Waals surface area (Å²) in [6, 6.07) is 0. The van der Waals surface area contributed by atoms with Crippen LogP contribution < -0.4 is 11.2 Å². The molecule has 0 saturated heterocycles. The van der Waals surface area contributed by atoms with Gasteiger partial charge < -0.3 is 10.0 Å². The molecule has 0 aliphatic heterocycles. The zero-order chi connectivity index (χ0) is 15.3. The Labute approximate surface area is 119 Å². The van der Waals surface area contributed by atoms with Crippen molar-refractivity contribution >= 4 is 0 Å². The molecule has 0 fully saturated rings. The summed E-state index contributed by atoms with van der Waals surface area (Å²) in [5.74, 6) is -0.343. The number of aromatic amines is 1. The maximum absolute atomic E-state index is 11.8. The van der Waals surface area contributed by atoms with Gasteiger partial charge in [0.25, 0.3) is 5.56 Å². The van der Waals surface area contributed by atoms with E-state index in [1.807, 2.05) is 13.8 Å². The molecule has 0 bridgehead atoms. The highest BCUT2D eigenvalue weighted by atomic mass is 16.3. The van der Waals surface area contributed by atoms with E-state index in [9.17, 15) is 14.7 Å². The van der Waals surface area contributed by atoms with E-state index in [-0.39, 0.29) is 17.4 Å². The predicted molar refractivity (Wildman–Crippen MR) is 79.5 cm³/mol. The SMILES string of the molecule is CCCN(CC)CCn1c(O)c(C(C)C)c(=O)[nH]c1=O. The molecule has 6 nitrogen and oxygen atoms in total. The maximum atomic E-state index is 11.8. The van der Waals surface area contributed by atoms with Crippen LogP contribution in [0.5, 0.6) is 5.88 Å². The lowest BCUT2D eigenvalue weighted by Gasteiger charge is -2.21. The molecule has 2 N–H and O–H groups in total. The molecule has 0 aromatic carbocycles. The van der Waals surface area contributed by atoms with Gasteiger partial charge in [0.05, 0.1) is 5.56 Å². The van der Waals surface area contributed by atoms with E-state index in [2.05, 4.69) is 23.7 Å². The number of hydrogen-bond acceptors (Lipinski definition) is 4. The number of nitrogens with one attached hydrogen (secondary N) is 1. The number of aromatic nitrogens is 2. The molecule has 6 heteroatoms. The number of rotatable bonds is 7.